The fraction of sp³-hybridized carbons (Fsp3) is 1.00. The monoisotopic (exact) mass is 129 g/mol. The van der Waals surface area contributed by atoms with Gasteiger partial charge in [0.15, 0.2) is 0 Å². The molecule has 8 heavy (non-hydrogen) atoms. The molecule has 0 heterocycles. The average Bonchev–Trinajstić information content (AvgIpc) is 1.35. The molecule has 0 atom stereocenters. The Hall–Kier alpha value is 0.880. The summed E-state index contributed by atoms with van der Waals surface area (Å²) < 4.78 is 0. The predicted molar refractivity (Wildman–Crippen MR) is 27.3 cm³/mol. The smallest absolute Gasteiger partial charge is 0.870 e. The van der Waals surface area contributed by atoms with E-state index in [1.54, 1.807) is 13.8 Å². The van der Waals surface area contributed by atoms with E-state index in [1.807, 2.05) is 0 Å². The van der Waals surface area contributed by atoms with Gasteiger partial charge in [0.05, 0.1) is 6.61 Å². The summed E-state index contributed by atoms with van der Waals surface area (Å²) >= 11 is 0. The van der Waals surface area contributed by atoms with Gasteiger partial charge in [0.2, 0.25) is 0 Å². The Morgan fingerprint density at radius 2 is 1.62 bits per heavy atom. The maximum Gasteiger partial charge on any atom is 1.00 e. The van der Waals surface area contributed by atoms with E-state index in [0.29, 0.717) is 0 Å². The van der Waals surface area contributed by atoms with E-state index in [1.165, 1.54) is 0 Å². The summed E-state index contributed by atoms with van der Waals surface area (Å²) in [6.07, 6.45) is 0. The van der Waals surface area contributed by atoms with Crippen molar-refractivity contribution in [1.29, 1.82) is 0 Å². The van der Waals surface area contributed by atoms with Crippen LogP contribution >= 0.6 is 0 Å². The Kier molecular flexibility index (Phi) is 12.0. The zero-order valence-corrected chi connectivity index (χ0v) is 7.68. The van der Waals surface area contributed by atoms with Gasteiger partial charge in [-0.05, 0) is 13.8 Å². The molecule has 0 saturated heterocycles. The van der Waals surface area contributed by atoms with Crippen LogP contribution in [0.5, 0.6) is 0 Å². The summed E-state index contributed by atoms with van der Waals surface area (Å²) in [5.41, 5.74) is 4.88. The minimum Gasteiger partial charge on any atom is -0.870 e. The summed E-state index contributed by atoms with van der Waals surface area (Å²) in [6.45, 7) is 3.59. The minimum atomic E-state index is -0.403. The van der Waals surface area contributed by atoms with Gasteiger partial charge < -0.3 is 16.3 Å². The zero-order valence-electron chi connectivity index (χ0n) is 5.68. The van der Waals surface area contributed by atoms with E-state index < -0.39 is 5.54 Å². The van der Waals surface area contributed by atoms with Crippen molar-refractivity contribution in [2.45, 2.75) is 19.4 Å². The molecule has 0 aromatic carbocycles. The van der Waals surface area contributed by atoms with Crippen LogP contribution in [0.15, 0.2) is 0 Å². The SMILES string of the molecule is CC(C)(N)CO.[Na+].[OH-]. The molecule has 0 saturated carbocycles. The molecule has 4 heteroatoms. The van der Waals surface area contributed by atoms with Crippen molar-refractivity contribution in [3.8, 4) is 0 Å². The van der Waals surface area contributed by atoms with Crippen LogP contribution < -0.4 is 35.3 Å². The predicted octanol–water partition coefficient (Wildman–Crippen LogP) is -3.46. The number of hydrogen-bond acceptors (Lipinski definition) is 3. The third-order valence-corrected chi connectivity index (χ3v) is 0.408. The van der Waals surface area contributed by atoms with E-state index in [-0.39, 0.29) is 41.6 Å². The van der Waals surface area contributed by atoms with Crippen LogP contribution in [0.2, 0.25) is 0 Å². The van der Waals surface area contributed by atoms with Crippen LogP contribution in [-0.2, 0) is 0 Å². The minimum absolute atomic E-state index is 0. The molecule has 0 rings (SSSR count). The number of aliphatic hydroxyl groups is 1. The van der Waals surface area contributed by atoms with E-state index >= 15 is 0 Å². The van der Waals surface area contributed by atoms with Gasteiger partial charge in [-0.15, -0.1) is 0 Å². The fourth-order valence-electron chi connectivity index (χ4n) is 0. The van der Waals surface area contributed by atoms with Crippen LogP contribution in [-0.4, -0.2) is 22.7 Å². The molecule has 0 amide bonds. The van der Waals surface area contributed by atoms with Crippen molar-refractivity contribution in [2.75, 3.05) is 6.61 Å². The van der Waals surface area contributed by atoms with E-state index in [9.17, 15) is 0 Å². The first-order valence-electron chi connectivity index (χ1n) is 1.96. The molecule has 0 aliphatic carbocycles. The van der Waals surface area contributed by atoms with Crippen LogP contribution in [0.4, 0.5) is 0 Å². The average molecular weight is 129 g/mol. The van der Waals surface area contributed by atoms with Crippen molar-refractivity contribution in [3.05, 3.63) is 0 Å². The second-order valence-electron chi connectivity index (χ2n) is 2.15. The van der Waals surface area contributed by atoms with Gasteiger partial charge in [0.1, 0.15) is 0 Å². The van der Waals surface area contributed by atoms with Crippen molar-refractivity contribution in [2.24, 2.45) is 5.73 Å². The quantitative estimate of drug-likeness (QED) is 0.361. The molecule has 0 spiro atoms. The molecular formula is C4H12NNaO2. The molecule has 0 bridgehead atoms. The Labute approximate surface area is 71.9 Å². The third kappa shape index (κ3) is 15.8. The van der Waals surface area contributed by atoms with Gasteiger partial charge in [0, 0.05) is 5.54 Å². The Morgan fingerprint density at radius 1 is 1.50 bits per heavy atom. The molecule has 0 aliphatic rings. The summed E-state index contributed by atoms with van der Waals surface area (Å²) in [5, 5.41) is 8.28. The first-order valence-corrected chi connectivity index (χ1v) is 1.96. The van der Waals surface area contributed by atoms with Crippen molar-refractivity contribution in [3.63, 3.8) is 0 Å². The van der Waals surface area contributed by atoms with E-state index in [4.69, 9.17) is 10.8 Å². The normalized spacial score (nSPS) is 9.00. The second kappa shape index (κ2) is 6.01. The van der Waals surface area contributed by atoms with Gasteiger partial charge in [0.25, 0.3) is 0 Å². The van der Waals surface area contributed by atoms with Crippen LogP contribution in [0.1, 0.15) is 13.8 Å². The van der Waals surface area contributed by atoms with Crippen LogP contribution in [0.25, 0.3) is 0 Å². The molecule has 4 N–H and O–H groups in total. The van der Waals surface area contributed by atoms with Crippen molar-refractivity contribution < 1.29 is 40.1 Å². The fourth-order valence-corrected chi connectivity index (χ4v) is 0. The zero-order chi connectivity index (χ0) is 5.21. The topological polar surface area (TPSA) is 76.2 Å². The van der Waals surface area contributed by atoms with Gasteiger partial charge in [-0.3, -0.25) is 0 Å². The van der Waals surface area contributed by atoms with Gasteiger partial charge in [-0.1, -0.05) is 0 Å². The van der Waals surface area contributed by atoms with Gasteiger partial charge >= 0.3 is 29.6 Å². The number of aliphatic hydroxyl groups excluding tert-OH is 1. The molecule has 0 aromatic rings. The summed E-state index contributed by atoms with van der Waals surface area (Å²) in [6, 6.07) is 0. The summed E-state index contributed by atoms with van der Waals surface area (Å²) in [5.74, 6) is 0. The third-order valence-electron chi connectivity index (χ3n) is 0.408. The van der Waals surface area contributed by atoms with E-state index in [0.717, 1.165) is 0 Å². The van der Waals surface area contributed by atoms with Crippen LogP contribution in [0, 0.1) is 0 Å². The molecule has 0 radical (unpaired) electrons. The standard InChI is InChI=1S/C4H11NO.Na.H2O/c1-4(2,5)3-6;;/h6H,3,5H2,1-2H3;;1H2/q;+1;/p-1. The first-order chi connectivity index (χ1) is 2.56. The molecule has 0 aliphatic heterocycles. The Morgan fingerprint density at radius 3 is 1.62 bits per heavy atom. The maximum absolute atomic E-state index is 8.28. The molecular weight excluding hydrogens is 117 g/mol. The molecule has 0 unspecified atom stereocenters. The Bertz CT molecular complexity index is 43.8. The van der Waals surface area contributed by atoms with Crippen molar-refractivity contribution in [1.82, 2.24) is 0 Å². The molecule has 0 fully saturated rings. The Balaban J connectivity index is -0.000000125. The molecule has 3 nitrogen and oxygen atoms in total. The number of nitrogens with two attached hydrogens (primary N) is 1. The molecule has 0 aromatic heterocycles. The summed E-state index contributed by atoms with van der Waals surface area (Å²) in [4.78, 5) is 0. The van der Waals surface area contributed by atoms with Gasteiger partial charge in [-0.25, -0.2) is 0 Å². The second-order valence-corrected chi connectivity index (χ2v) is 2.15. The largest absolute Gasteiger partial charge is 1.00 e. The molecule has 46 valence electrons. The first kappa shape index (κ1) is 15.9. The maximum atomic E-state index is 8.28. The van der Waals surface area contributed by atoms with Crippen LogP contribution in [0.3, 0.4) is 0 Å². The summed E-state index contributed by atoms with van der Waals surface area (Å²) in [7, 11) is 0. The van der Waals surface area contributed by atoms with Crippen molar-refractivity contribution >= 4 is 0 Å². The van der Waals surface area contributed by atoms with E-state index in [2.05, 4.69) is 0 Å². The number of rotatable bonds is 1. The number of hydrogen-bond donors (Lipinski definition) is 2. The van der Waals surface area contributed by atoms with Gasteiger partial charge in [-0.2, -0.15) is 0 Å².